The standard InChI is InChI=1S/C9H18FN/c1-3-5-8-9(2,10)6-4-7-11-8/h8,11H,3-7H2,1-2H3. The molecule has 66 valence electrons. The zero-order valence-electron chi connectivity index (χ0n) is 7.49. The summed E-state index contributed by atoms with van der Waals surface area (Å²) in [5.41, 5.74) is -0.964. The first-order valence-electron chi connectivity index (χ1n) is 4.59. The van der Waals surface area contributed by atoms with Gasteiger partial charge in [-0.3, -0.25) is 0 Å². The topological polar surface area (TPSA) is 12.0 Å². The molecule has 0 aromatic heterocycles. The molecule has 0 aromatic rings. The lowest BCUT2D eigenvalue weighted by Gasteiger charge is -2.35. The SMILES string of the molecule is CCCC1NCCCC1(C)F. The Morgan fingerprint density at radius 1 is 1.64 bits per heavy atom. The molecule has 1 aliphatic heterocycles. The van der Waals surface area contributed by atoms with Crippen LogP contribution in [0.5, 0.6) is 0 Å². The van der Waals surface area contributed by atoms with Crippen LogP contribution in [0, 0.1) is 0 Å². The molecule has 0 aliphatic carbocycles. The van der Waals surface area contributed by atoms with Crippen molar-refractivity contribution in [2.45, 2.75) is 51.2 Å². The van der Waals surface area contributed by atoms with E-state index in [0.29, 0.717) is 0 Å². The van der Waals surface area contributed by atoms with Crippen molar-refractivity contribution in [1.29, 1.82) is 0 Å². The van der Waals surface area contributed by atoms with Gasteiger partial charge in [0.1, 0.15) is 5.67 Å². The summed E-state index contributed by atoms with van der Waals surface area (Å²) < 4.78 is 13.7. The first-order valence-corrected chi connectivity index (χ1v) is 4.59. The third-order valence-corrected chi connectivity index (χ3v) is 2.54. The molecule has 1 N–H and O–H groups in total. The minimum absolute atomic E-state index is 0.0984. The first-order chi connectivity index (χ1) is 5.17. The van der Waals surface area contributed by atoms with Crippen molar-refractivity contribution in [1.82, 2.24) is 5.32 Å². The molecule has 0 spiro atoms. The van der Waals surface area contributed by atoms with Crippen LogP contribution < -0.4 is 5.32 Å². The summed E-state index contributed by atoms with van der Waals surface area (Å²) in [6.45, 7) is 4.82. The number of nitrogens with one attached hydrogen (secondary N) is 1. The zero-order valence-corrected chi connectivity index (χ0v) is 7.49. The lowest BCUT2D eigenvalue weighted by atomic mass is 9.87. The Hall–Kier alpha value is -0.110. The summed E-state index contributed by atoms with van der Waals surface area (Å²) in [6, 6.07) is 0.0984. The highest BCUT2D eigenvalue weighted by Gasteiger charge is 2.35. The molecule has 1 rings (SSSR count). The van der Waals surface area contributed by atoms with E-state index in [9.17, 15) is 4.39 Å². The van der Waals surface area contributed by atoms with Crippen LogP contribution in [-0.4, -0.2) is 18.3 Å². The van der Waals surface area contributed by atoms with E-state index >= 15 is 0 Å². The second-order valence-corrected chi connectivity index (χ2v) is 3.68. The normalized spacial score (nSPS) is 39.0. The van der Waals surface area contributed by atoms with Gasteiger partial charge in [0.15, 0.2) is 0 Å². The minimum Gasteiger partial charge on any atom is -0.311 e. The van der Waals surface area contributed by atoms with Gasteiger partial charge >= 0.3 is 0 Å². The molecule has 2 atom stereocenters. The number of hydrogen-bond donors (Lipinski definition) is 1. The smallest absolute Gasteiger partial charge is 0.123 e. The lowest BCUT2D eigenvalue weighted by molar-refractivity contribution is 0.0833. The van der Waals surface area contributed by atoms with Gasteiger partial charge in [0.25, 0.3) is 0 Å². The predicted molar refractivity (Wildman–Crippen MR) is 45.4 cm³/mol. The van der Waals surface area contributed by atoms with Gasteiger partial charge in [0.05, 0.1) is 0 Å². The van der Waals surface area contributed by atoms with Crippen LogP contribution in [0.1, 0.15) is 39.5 Å². The summed E-state index contributed by atoms with van der Waals surface area (Å²) in [7, 11) is 0. The molecular formula is C9H18FN. The van der Waals surface area contributed by atoms with Crippen molar-refractivity contribution in [2.75, 3.05) is 6.54 Å². The van der Waals surface area contributed by atoms with E-state index in [0.717, 1.165) is 32.2 Å². The number of alkyl halides is 1. The van der Waals surface area contributed by atoms with Crippen LogP contribution in [-0.2, 0) is 0 Å². The second kappa shape index (κ2) is 3.53. The zero-order chi connectivity index (χ0) is 8.32. The van der Waals surface area contributed by atoms with Crippen molar-refractivity contribution >= 4 is 0 Å². The fourth-order valence-corrected chi connectivity index (χ4v) is 1.79. The Morgan fingerprint density at radius 2 is 2.36 bits per heavy atom. The van der Waals surface area contributed by atoms with E-state index in [-0.39, 0.29) is 6.04 Å². The molecule has 0 amide bonds. The molecule has 0 bridgehead atoms. The average Bonchev–Trinajstić information content (AvgIpc) is 1.94. The average molecular weight is 159 g/mol. The van der Waals surface area contributed by atoms with Crippen LogP contribution in [0.2, 0.25) is 0 Å². The van der Waals surface area contributed by atoms with Crippen molar-refractivity contribution < 1.29 is 4.39 Å². The Labute approximate surface area is 68.4 Å². The number of hydrogen-bond acceptors (Lipinski definition) is 1. The Morgan fingerprint density at radius 3 is 2.91 bits per heavy atom. The molecule has 1 saturated heterocycles. The molecule has 0 aromatic carbocycles. The maximum atomic E-state index is 13.7. The third kappa shape index (κ3) is 2.16. The molecular weight excluding hydrogens is 141 g/mol. The van der Waals surface area contributed by atoms with Gasteiger partial charge in [-0.05, 0) is 32.7 Å². The monoisotopic (exact) mass is 159 g/mol. The van der Waals surface area contributed by atoms with Crippen molar-refractivity contribution in [3.8, 4) is 0 Å². The van der Waals surface area contributed by atoms with Gasteiger partial charge in [-0.15, -0.1) is 0 Å². The van der Waals surface area contributed by atoms with Gasteiger partial charge in [0, 0.05) is 6.04 Å². The van der Waals surface area contributed by atoms with E-state index in [4.69, 9.17) is 0 Å². The fourth-order valence-electron chi connectivity index (χ4n) is 1.79. The Balaban J connectivity index is 2.45. The van der Waals surface area contributed by atoms with Crippen LogP contribution in [0.4, 0.5) is 4.39 Å². The number of halogens is 1. The summed E-state index contributed by atoms with van der Waals surface area (Å²) in [5, 5.41) is 3.24. The highest BCUT2D eigenvalue weighted by molar-refractivity contribution is 4.91. The van der Waals surface area contributed by atoms with E-state index in [1.807, 2.05) is 0 Å². The highest BCUT2D eigenvalue weighted by atomic mass is 19.1. The van der Waals surface area contributed by atoms with Gasteiger partial charge in [0.2, 0.25) is 0 Å². The number of piperidine rings is 1. The molecule has 2 heteroatoms. The summed E-state index contributed by atoms with van der Waals surface area (Å²) in [5.74, 6) is 0. The van der Waals surface area contributed by atoms with Crippen LogP contribution in [0.3, 0.4) is 0 Å². The predicted octanol–water partition coefficient (Wildman–Crippen LogP) is 2.27. The van der Waals surface area contributed by atoms with E-state index in [2.05, 4.69) is 12.2 Å². The Bertz CT molecular complexity index is 121. The maximum absolute atomic E-state index is 13.7. The van der Waals surface area contributed by atoms with Crippen LogP contribution in [0.15, 0.2) is 0 Å². The molecule has 1 aliphatic rings. The molecule has 0 saturated carbocycles. The second-order valence-electron chi connectivity index (χ2n) is 3.68. The maximum Gasteiger partial charge on any atom is 0.123 e. The van der Waals surface area contributed by atoms with Gasteiger partial charge in [-0.25, -0.2) is 4.39 Å². The van der Waals surface area contributed by atoms with E-state index < -0.39 is 5.67 Å². The minimum atomic E-state index is -0.964. The largest absolute Gasteiger partial charge is 0.311 e. The summed E-state index contributed by atoms with van der Waals surface area (Å²) >= 11 is 0. The van der Waals surface area contributed by atoms with Gasteiger partial charge in [-0.1, -0.05) is 13.3 Å². The van der Waals surface area contributed by atoms with Crippen molar-refractivity contribution in [3.63, 3.8) is 0 Å². The summed E-state index contributed by atoms with van der Waals surface area (Å²) in [4.78, 5) is 0. The van der Waals surface area contributed by atoms with Gasteiger partial charge in [-0.2, -0.15) is 0 Å². The molecule has 0 radical (unpaired) electrons. The first kappa shape index (κ1) is 8.98. The summed E-state index contributed by atoms with van der Waals surface area (Å²) in [6.07, 6.45) is 3.74. The van der Waals surface area contributed by atoms with E-state index in [1.54, 1.807) is 6.92 Å². The molecule has 1 nitrogen and oxygen atoms in total. The number of rotatable bonds is 2. The molecule has 1 heterocycles. The molecule has 1 fully saturated rings. The van der Waals surface area contributed by atoms with Crippen molar-refractivity contribution in [3.05, 3.63) is 0 Å². The third-order valence-electron chi connectivity index (χ3n) is 2.54. The quantitative estimate of drug-likeness (QED) is 0.651. The van der Waals surface area contributed by atoms with Crippen LogP contribution in [0.25, 0.3) is 0 Å². The van der Waals surface area contributed by atoms with Crippen molar-refractivity contribution in [2.24, 2.45) is 0 Å². The highest BCUT2D eigenvalue weighted by Crippen LogP contribution is 2.27. The lowest BCUT2D eigenvalue weighted by Crippen LogP contribution is -2.50. The molecule has 2 unspecified atom stereocenters. The van der Waals surface area contributed by atoms with E-state index in [1.165, 1.54) is 0 Å². The van der Waals surface area contributed by atoms with Gasteiger partial charge < -0.3 is 5.32 Å². The Kier molecular flexibility index (Phi) is 2.88. The molecule has 11 heavy (non-hydrogen) atoms. The van der Waals surface area contributed by atoms with Crippen LogP contribution >= 0.6 is 0 Å². The fraction of sp³-hybridized carbons (Fsp3) is 1.00.